The lowest BCUT2D eigenvalue weighted by Crippen LogP contribution is -2.34. The number of unbranched alkanes of at least 4 members (excludes halogenated alkanes) is 1. The van der Waals surface area contributed by atoms with E-state index < -0.39 is 0 Å². The zero-order valence-electron chi connectivity index (χ0n) is 14.4. The van der Waals surface area contributed by atoms with Crippen LogP contribution in [0.5, 0.6) is 0 Å². The van der Waals surface area contributed by atoms with E-state index in [9.17, 15) is 9.59 Å². The van der Waals surface area contributed by atoms with Gasteiger partial charge in [0.05, 0.1) is 13.0 Å². The third-order valence-electron chi connectivity index (χ3n) is 3.57. The second kappa shape index (κ2) is 11.6. The summed E-state index contributed by atoms with van der Waals surface area (Å²) in [5.41, 5.74) is 0. The van der Waals surface area contributed by atoms with Crippen molar-refractivity contribution in [3.8, 4) is 0 Å². The molecule has 0 radical (unpaired) electrons. The fourth-order valence-electron chi connectivity index (χ4n) is 2.40. The van der Waals surface area contributed by atoms with Gasteiger partial charge < -0.3 is 9.64 Å². The molecule has 1 aromatic rings. The highest BCUT2D eigenvalue weighted by atomic mass is 16.5. The van der Waals surface area contributed by atoms with Crippen molar-refractivity contribution in [2.75, 3.05) is 19.7 Å². The third-order valence-corrected chi connectivity index (χ3v) is 3.57. The van der Waals surface area contributed by atoms with Crippen LogP contribution in [-0.2, 0) is 20.9 Å². The zero-order chi connectivity index (χ0) is 16.9. The number of carbonyl (C=O) groups excluding carboxylic acids is 2. The van der Waals surface area contributed by atoms with Gasteiger partial charge in [0.15, 0.2) is 12.4 Å². The van der Waals surface area contributed by atoms with Gasteiger partial charge in [-0.3, -0.25) is 9.59 Å². The van der Waals surface area contributed by atoms with E-state index in [1.54, 1.807) is 11.8 Å². The van der Waals surface area contributed by atoms with E-state index in [0.29, 0.717) is 26.1 Å². The standard InChI is InChI=1S/C18H29N2O3/c1-3-12-20(16-11-18(22)23-4-2)17(21)10-6-9-15-19-13-7-5-8-14-19/h5,7-8,13-14H,3-4,6,9-12,15-16H2,1-2H3/q+1. The Bertz CT molecular complexity index is 463. The number of aromatic nitrogens is 1. The number of nitrogens with zero attached hydrogens (tertiary/aromatic N) is 2. The second-order valence-electron chi connectivity index (χ2n) is 5.51. The molecule has 0 aromatic carbocycles. The van der Waals surface area contributed by atoms with Gasteiger partial charge in [-0.05, 0) is 19.8 Å². The van der Waals surface area contributed by atoms with Crippen molar-refractivity contribution in [1.82, 2.24) is 4.90 Å². The van der Waals surface area contributed by atoms with Gasteiger partial charge in [-0.15, -0.1) is 0 Å². The first-order chi connectivity index (χ1) is 11.2. The molecule has 5 nitrogen and oxygen atoms in total. The minimum Gasteiger partial charge on any atom is -0.466 e. The Balaban J connectivity index is 2.28. The first-order valence-corrected chi connectivity index (χ1v) is 8.54. The highest BCUT2D eigenvalue weighted by Crippen LogP contribution is 2.04. The van der Waals surface area contributed by atoms with Crippen molar-refractivity contribution in [2.45, 2.75) is 52.5 Å². The molecule has 0 saturated heterocycles. The van der Waals surface area contributed by atoms with Crippen LogP contribution in [0.2, 0.25) is 0 Å². The number of aryl methyl sites for hydroxylation is 1. The van der Waals surface area contributed by atoms with Crippen LogP contribution in [0, 0.1) is 0 Å². The summed E-state index contributed by atoms with van der Waals surface area (Å²) in [4.78, 5) is 25.5. The maximum atomic E-state index is 12.3. The van der Waals surface area contributed by atoms with Crippen LogP contribution in [0.3, 0.4) is 0 Å². The molecule has 1 heterocycles. The van der Waals surface area contributed by atoms with Crippen molar-refractivity contribution in [2.24, 2.45) is 0 Å². The van der Waals surface area contributed by atoms with Gasteiger partial charge in [0.1, 0.15) is 6.54 Å². The van der Waals surface area contributed by atoms with Gasteiger partial charge >= 0.3 is 5.97 Å². The monoisotopic (exact) mass is 321 g/mol. The molecule has 0 saturated carbocycles. The minimum absolute atomic E-state index is 0.134. The Morgan fingerprint density at radius 3 is 2.39 bits per heavy atom. The molecule has 23 heavy (non-hydrogen) atoms. The van der Waals surface area contributed by atoms with Gasteiger partial charge in [-0.1, -0.05) is 13.0 Å². The summed E-state index contributed by atoms with van der Waals surface area (Å²) in [7, 11) is 0. The maximum Gasteiger partial charge on any atom is 0.307 e. The number of pyridine rings is 1. The van der Waals surface area contributed by atoms with Gasteiger partial charge in [0.2, 0.25) is 5.91 Å². The van der Waals surface area contributed by atoms with Crippen LogP contribution in [0.1, 0.15) is 46.0 Å². The molecule has 0 aliphatic heterocycles. The highest BCUT2D eigenvalue weighted by Gasteiger charge is 2.14. The van der Waals surface area contributed by atoms with Crippen LogP contribution in [0.25, 0.3) is 0 Å². The Morgan fingerprint density at radius 1 is 1.00 bits per heavy atom. The number of hydrogen-bond donors (Lipinski definition) is 0. The number of amides is 1. The van der Waals surface area contributed by atoms with Gasteiger partial charge in [0.25, 0.3) is 0 Å². The maximum absolute atomic E-state index is 12.3. The number of ether oxygens (including phenoxy) is 1. The molecule has 128 valence electrons. The van der Waals surface area contributed by atoms with Crippen molar-refractivity contribution in [1.29, 1.82) is 0 Å². The summed E-state index contributed by atoms with van der Waals surface area (Å²) < 4.78 is 7.04. The summed E-state index contributed by atoms with van der Waals surface area (Å²) in [6, 6.07) is 6.00. The fourth-order valence-corrected chi connectivity index (χ4v) is 2.40. The molecule has 0 N–H and O–H groups in total. The summed E-state index contributed by atoms with van der Waals surface area (Å²) >= 11 is 0. The molecule has 0 fully saturated rings. The average molecular weight is 321 g/mol. The Morgan fingerprint density at radius 2 is 1.74 bits per heavy atom. The summed E-state index contributed by atoms with van der Waals surface area (Å²) in [6.07, 6.45) is 7.61. The molecule has 0 atom stereocenters. The Labute approximate surface area is 139 Å². The van der Waals surface area contributed by atoms with Crippen molar-refractivity contribution in [3.05, 3.63) is 30.6 Å². The Hall–Kier alpha value is -1.91. The topological polar surface area (TPSA) is 50.5 Å². The van der Waals surface area contributed by atoms with Crippen LogP contribution < -0.4 is 4.57 Å². The summed E-state index contributed by atoms with van der Waals surface area (Å²) in [5, 5.41) is 0. The lowest BCUT2D eigenvalue weighted by Gasteiger charge is -2.21. The van der Waals surface area contributed by atoms with Crippen LogP contribution in [-0.4, -0.2) is 36.5 Å². The number of esters is 1. The van der Waals surface area contributed by atoms with Crippen LogP contribution in [0.4, 0.5) is 0 Å². The van der Waals surface area contributed by atoms with E-state index in [0.717, 1.165) is 25.8 Å². The van der Waals surface area contributed by atoms with Crippen molar-refractivity contribution >= 4 is 11.9 Å². The normalized spacial score (nSPS) is 10.3. The van der Waals surface area contributed by atoms with Crippen molar-refractivity contribution in [3.63, 3.8) is 0 Å². The van der Waals surface area contributed by atoms with E-state index in [2.05, 4.69) is 4.57 Å². The molecule has 1 aromatic heterocycles. The molecule has 1 amide bonds. The zero-order valence-corrected chi connectivity index (χ0v) is 14.4. The average Bonchev–Trinajstić information content (AvgIpc) is 2.56. The molecule has 0 aliphatic carbocycles. The first-order valence-electron chi connectivity index (χ1n) is 8.54. The molecule has 0 aliphatic rings. The molecular weight excluding hydrogens is 292 g/mol. The lowest BCUT2D eigenvalue weighted by atomic mass is 10.2. The highest BCUT2D eigenvalue weighted by molar-refractivity contribution is 5.77. The fraction of sp³-hybridized carbons (Fsp3) is 0.611. The van der Waals surface area contributed by atoms with E-state index in [1.807, 2.05) is 37.5 Å². The molecule has 1 rings (SSSR count). The van der Waals surface area contributed by atoms with Gasteiger partial charge in [-0.2, -0.15) is 0 Å². The number of carbonyl (C=O) groups is 2. The minimum atomic E-state index is -0.234. The molecule has 0 spiro atoms. The Kier molecular flexibility index (Phi) is 9.68. The number of hydrogen-bond acceptors (Lipinski definition) is 3. The van der Waals surface area contributed by atoms with Crippen LogP contribution in [0.15, 0.2) is 30.6 Å². The smallest absolute Gasteiger partial charge is 0.307 e. The molecule has 5 heteroatoms. The molecule has 0 unspecified atom stereocenters. The summed E-state index contributed by atoms with van der Waals surface area (Å²) in [5.74, 6) is -0.101. The quantitative estimate of drug-likeness (QED) is 0.357. The molecule has 0 bridgehead atoms. The third kappa shape index (κ3) is 8.33. The first kappa shape index (κ1) is 19.1. The van der Waals surface area contributed by atoms with E-state index in [-0.39, 0.29) is 18.3 Å². The SMILES string of the molecule is CCCN(CCC(=O)OCC)C(=O)CCCC[n+]1ccccc1. The largest absolute Gasteiger partial charge is 0.466 e. The van der Waals surface area contributed by atoms with Gasteiger partial charge in [-0.25, -0.2) is 4.57 Å². The van der Waals surface area contributed by atoms with E-state index in [4.69, 9.17) is 4.74 Å². The van der Waals surface area contributed by atoms with E-state index in [1.165, 1.54) is 0 Å². The summed E-state index contributed by atoms with van der Waals surface area (Å²) in [6.45, 7) is 6.29. The van der Waals surface area contributed by atoms with Gasteiger partial charge in [0, 0.05) is 38.1 Å². The lowest BCUT2D eigenvalue weighted by molar-refractivity contribution is -0.697. The van der Waals surface area contributed by atoms with Crippen LogP contribution >= 0.6 is 0 Å². The predicted molar refractivity (Wildman–Crippen MR) is 88.6 cm³/mol. The van der Waals surface area contributed by atoms with E-state index >= 15 is 0 Å². The number of rotatable bonds is 11. The predicted octanol–water partition coefficient (Wildman–Crippen LogP) is 2.34. The second-order valence-corrected chi connectivity index (χ2v) is 5.51. The van der Waals surface area contributed by atoms with Crippen molar-refractivity contribution < 1.29 is 18.9 Å². The molecular formula is C18H29N2O3+.